The average Bonchev–Trinajstić information content (AvgIpc) is 3.63. The normalized spacial score (nSPS) is 11.7. The third-order valence-electron chi connectivity index (χ3n) is 7.72. The summed E-state index contributed by atoms with van der Waals surface area (Å²) < 4.78 is 5.26. The van der Waals surface area contributed by atoms with E-state index in [1.165, 1.54) is 23.1 Å². The second-order valence-corrected chi connectivity index (χ2v) is 13.5. The van der Waals surface area contributed by atoms with E-state index in [-0.39, 0.29) is 11.6 Å². The largest absolute Gasteiger partial charge is 0.497 e. The first-order chi connectivity index (χ1) is 24.8. The van der Waals surface area contributed by atoms with Crippen molar-refractivity contribution < 1.29 is 19.1 Å². The Morgan fingerprint density at radius 3 is 2.22 bits per heavy atom. The van der Waals surface area contributed by atoms with Gasteiger partial charge >= 0.3 is 0 Å². The van der Waals surface area contributed by atoms with Gasteiger partial charge in [0.25, 0.3) is 11.8 Å². The van der Waals surface area contributed by atoms with Gasteiger partial charge in [0.15, 0.2) is 5.13 Å². The van der Waals surface area contributed by atoms with Crippen molar-refractivity contribution in [2.75, 3.05) is 17.7 Å². The minimum Gasteiger partial charge on any atom is -0.497 e. The summed E-state index contributed by atoms with van der Waals surface area (Å²) in [6.07, 6.45) is 1.64. The number of thiazole rings is 1. The number of aryl methyl sites for hydroxylation is 1. The second kappa shape index (κ2) is 16.6. The Kier molecular flexibility index (Phi) is 11.4. The van der Waals surface area contributed by atoms with E-state index >= 15 is 0 Å². The first kappa shape index (κ1) is 34.9. The number of nitrogens with zero attached hydrogens (tertiary/aromatic N) is 1. The van der Waals surface area contributed by atoms with Crippen molar-refractivity contribution in [2.24, 2.45) is 0 Å². The highest BCUT2D eigenvalue weighted by Crippen LogP contribution is 2.38. The summed E-state index contributed by atoms with van der Waals surface area (Å²) in [7, 11) is 1.62. The molecule has 6 aromatic rings. The molecule has 5 aromatic carbocycles. The van der Waals surface area contributed by atoms with Crippen molar-refractivity contribution in [1.82, 2.24) is 10.3 Å². The van der Waals surface area contributed by atoms with Crippen LogP contribution in [-0.4, -0.2) is 29.8 Å². The number of rotatable bonds is 12. The maximum absolute atomic E-state index is 13.8. The van der Waals surface area contributed by atoms with Gasteiger partial charge in [-0.25, -0.2) is 4.98 Å². The molecular formula is C41H34N4O4S2. The lowest BCUT2D eigenvalue weighted by molar-refractivity contribution is -0.116. The molecule has 6 rings (SSSR count). The fourth-order valence-electron chi connectivity index (χ4n) is 5.05. The Bertz CT molecular complexity index is 2150. The molecule has 254 valence electrons. The quantitative estimate of drug-likeness (QED) is 0.0864. The lowest BCUT2D eigenvalue weighted by Crippen LogP contribution is -2.30. The first-order valence-electron chi connectivity index (χ1n) is 16.0. The van der Waals surface area contributed by atoms with Gasteiger partial charge in [-0.2, -0.15) is 0 Å². The summed E-state index contributed by atoms with van der Waals surface area (Å²) in [6.45, 7) is 1.98. The Morgan fingerprint density at radius 1 is 0.804 bits per heavy atom. The van der Waals surface area contributed by atoms with Crippen molar-refractivity contribution in [3.63, 3.8) is 0 Å². The van der Waals surface area contributed by atoms with Gasteiger partial charge < -0.3 is 20.7 Å². The van der Waals surface area contributed by atoms with Crippen LogP contribution in [0.15, 0.2) is 149 Å². The van der Waals surface area contributed by atoms with Gasteiger partial charge in [-0.3, -0.25) is 14.4 Å². The second-order valence-electron chi connectivity index (χ2n) is 11.4. The number of carbonyl (C=O) groups excluding carboxylic acids is 3. The molecule has 10 heteroatoms. The van der Waals surface area contributed by atoms with E-state index in [0.29, 0.717) is 16.4 Å². The van der Waals surface area contributed by atoms with Gasteiger partial charge in [-0.15, -0.1) is 23.1 Å². The molecule has 0 radical (unpaired) electrons. The number of methoxy groups -OCH3 is 1. The van der Waals surface area contributed by atoms with Crippen molar-refractivity contribution in [3.05, 3.63) is 167 Å². The molecule has 8 nitrogen and oxygen atoms in total. The van der Waals surface area contributed by atoms with E-state index in [9.17, 15) is 14.4 Å². The molecule has 1 unspecified atom stereocenters. The monoisotopic (exact) mass is 710 g/mol. The Balaban J connectivity index is 1.20. The molecule has 0 aliphatic carbocycles. The SMILES string of the molecule is COc1ccc(-c2csc(NC(=O)C(Sc3cccc(NC(=O)/C(=C/c4ccc(C)cc4)NC(=O)c4ccccc4)c3)c3ccccc3)n2)cc1. The Morgan fingerprint density at radius 2 is 1.51 bits per heavy atom. The summed E-state index contributed by atoms with van der Waals surface area (Å²) in [5.74, 6) is -0.372. The zero-order valence-electron chi connectivity index (χ0n) is 27.8. The molecule has 0 spiro atoms. The Hall–Kier alpha value is -5.97. The number of aromatic nitrogens is 1. The average molecular weight is 711 g/mol. The number of nitrogens with one attached hydrogen (secondary N) is 3. The molecule has 1 heterocycles. The zero-order valence-corrected chi connectivity index (χ0v) is 29.5. The number of anilines is 2. The van der Waals surface area contributed by atoms with Crippen LogP contribution in [-0.2, 0) is 9.59 Å². The smallest absolute Gasteiger partial charge is 0.272 e. The van der Waals surface area contributed by atoms with Crippen LogP contribution in [0, 0.1) is 6.92 Å². The van der Waals surface area contributed by atoms with Crippen LogP contribution < -0.4 is 20.7 Å². The van der Waals surface area contributed by atoms with E-state index < -0.39 is 17.1 Å². The zero-order chi connectivity index (χ0) is 35.6. The van der Waals surface area contributed by atoms with Crippen LogP contribution in [0.1, 0.15) is 32.3 Å². The fourth-order valence-corrected chi connectivity index (χ4v) is 6.86. The standard InChI is InChI=1S/C41H34N4O4S2/c1-27-16-18-28(19-17-27)24-35(43-38(46)31-12-7-4-8-13-31)39(47)42-32-14-9-15-34(25-32)51-37(30-10-5-3-6-11-30)40(48)45-41-44-36(26-50-41)29-20-22-33(49-2)23-21-29/h3-26,37H,1-2H3,(H,42,47)(H,43,46)(H,44,45,48)/b35-24-. The maximum atomic E-state index is 13.8. The van der Waals surface area contributed by atoms with Crippen LogP contribution >= 0.6 is 23.1 Å². The first-order valence-corrected chi connectivity index (χ1v) is 17.8. The maximum Gasteiger partial charge on any atom is 0.272 e. The van der Waals surface area contributed by atoms with Crippen molar-refractivity contribution in [2.45, 2.75) is 17.1 Å². The molecule has 0 saturated heterocycles. The van der Waals surface area contributed by atoms with Gasteiger partial charge in [0.05, 0.1) is 12.8 Å². The molecule has 51 heavy (non-hydrogen) atoms. The van der Waals surface area contributed by atoms with Crippen LogP contribution in [0.4, 0.5) is 10.8 Å². The number of hydrogen-bond donors (Lipinski definition) is 3. The summed E-state index contributed by atoms with van der Waals surface area (Å²) in [6, 6.07) is 40.7. The van der Waals surface area contributed by atoms with Crippen molar-refractivity contribution in [3.8, 4) is 17.0 Å². The summed E-state index contributed by atoms with van der Waals surface area (Å²) in [4.78, 5) is 46.0. The molecule has 1 atom stereocenters. The summed E-state index contributed by atoms with van der Waals surface area (Å²) in [5, 5.41) is 10.5. The lowest BCUT2D eigenvalue weighted by atomic mass is 10.1. The number of hydrogen-bond acceptors (Lipinski definition) is 7. The number of carbonyl (C=O) groups is 3. The number of benzene rings is 5. The molecule has 3 amide bonds. The van der Waals surface area contributed by atoms with Crippen molar-refractivity contribution in [1.29, 1.82) is 0 Å². The number of ether oxygens (including phenoxy) is 1. The molecule has 0 aliphatic rings. The van der Waals surface area contributed by atoms with Gasteiger partial charge in [-0.1, -0.05) is 84.4 Å². The third kappa shape index (κ3) is 9.39. The van der Waals surface area contributed by atoms with Gasteiger partial charge in [0.2, 0.25) is 5.91 Å². The Labute approximate surface area is 304 Å². The number of amides is 3. The van der Waals surface area contributed by atoms with E-state index in [1.807, 2.05) is 109 Å². The van der Waals surface area contributed by atoms with Crippen LogP contribution in [0.3, 0.4) is 0 Å². The van der Waals surface area contributed by atoms with E-state index in [0.717, 1.165) is 38.6 Å². The summed E-state index contributed by atoms with van der Waals surface area (Å²) >= 11 is 2.70. The molecule has 0 saturated carbocycles. The van der Waals surface area contributed by atoms with Crippen molar-refractivity contribution >= 4 is 57.7 Å². The van der Waals surface area contributed by atoms with Gasteiger partial charge in [0, 0.05) is 27.1 Å². The minimum absolute atomic E-state index is 0.0877. The van der Waals surface area contributed by atoms with E-state index in [2.05, 4.69) is 20.9 Å². The van der Waals surface area contributed by atoms with Gasteiger partial charge in [-0.05, 0) is 78.7 Å². The van der Waals surface area contributed by atoms with Crippen LogP contribution in [0.2, 0.25) is 0 Å². The molecule has 1 aromatic heterocycles. The molecular weight excluding hydrogens is 677 g/mol. The number of thioether (sulfide) groups is 1. The predicted octanol–water partition coefficient (Wildman–Crippen LogP) is 9.01. The third-order valence-corrected chi connectivity index (χ3v) is 9.73. The molecule has 0 fully saturated rings. The lowest BCUT2D eigenvalue weighted by Gasteiger charge is -2.17. The highest BCUT2D eigenvalue weighted by atomic mass is 32.2. The molecule has 0 bridgehead atoms. The topological polar surface area (TPSA) is 109 Å². The fraction of sp³-hybridized carbons (Fsp3) is 0.0732. The minimum atomic E-state index is -0.618. The highest BCUT2D eigenvalue weighted by molar-refractivity contribution is 8.00. The molecule has 0 aliphatic heterocycles. The molecule has 3 N–H and O–H groups in total. The van der Waals surface area contributed by atoms with E-state index in [1.54, 1.807) is 49.6 Å². The highest BCUT2D eigenvalue weighted by Gasteiger charge is 2.24. The van der Waals surface area contributed by atoms with Crippen LogP contribution in [0.25, 0.3) is 17.3 Å². The van der Waals surface area contributed by atoms with Crippen LogP contribution in [0.5, 0.6) is 5.75 Å². The van der Waals surface area contributed by atoms with Gasteiger partial charge in [0.1, 0.15) is 16.7 Å². The van der Waals surface area contributed by atoms with E-state index in [4.69, 9.17) is 4.74 Å². The predicted molar refractivity (Wildman–Crippen MR) is 206 cm³/mol. The summed E-state index contributed by atoms with van der Waals surface area (Å²) in [5.41, 5.74) is 5.34.